The number of hydrogen-bond donors (Lipinski definition) is 3. The number of aromatic amines is 1. The Morgan fingerprint density at radius 3 is 2.80 bits per heavy atom. The van der Waals surface area contributed by atoms with E-state index in [4.69, 9.17) is 5.11 Å². The molecule has 9 heteroatoms. The van der Waals surface area contributed by atoms with Crippen molar-refractivity contribution in [3.63, 3.8) is 0 Å². The summed E-state index contributed by atoms with van der Waals surface area (Å²) in [5, 5.41) is 21.2. The molecule has 15 heavy (non-hydrogen) atoms. The maximum atomic E-state index is 11.3. The Labute approximate surface area is 87.1 Å². The van der Waals surface area contributed by atoms with Crippen LogP contribution in [-0.4, -0.2) is 46.5 Å². The second kappa shape index (κ2) is 5.73. The van der Waals surface area contributed by atoms with Crippen LogP contribution in [0.25, 0.3) is 0 Å². The molecule has 0 saturated heterocycles. The summed E-state index contributed by atoms with van der Waals surface area (Å²) in [7, 11) is -3.31. The number of H-pyrrole nitrogens is 1. The molecule has 0 bridgehead atoms. The van der Waals surface area contributed by atoms with Crippen LogP contribution in [0.1, 0.15) is 18.7 Å². The van der Waals surface area contributed by atoms with Gasteiger partial charge in [-0.3, -0.25) is 0 Å². The Balaban J connectivity index is 2.30. The summed E-state index contributed by atoms with van der Waals surface area (Å²) in [6.07, 6.45) is 0.904. The van der Waals surface area contributed by atoms with Crippen molar-refractivity contribution in [2.75, 3.05) is 12.4 Å². The minimum Gasteiger partial charge on any atom is -0.396 e. The van der Waals surface area contributed by atoms with E-state index < -0.39 is 10.0 Å². The van der Waals surface area contributed by atoms with Crippen LogP contribution in [0.5, 0.6) is 0 Å². The van der Waals surface area contributed by atoms with Crippen LogP contribution < -0.4 is 4.72 Å². The van der Waals surface area contributed by atoms with Crippen LogP contribution in [0.15, 0.2) is 0 Å². The highest BCUT2D eigenvalue weighted by Gasteiger charge is 2.10. The third-order valence-electron chi connectivity index (χ3n) is 1.66. The number of aromatic nitrogens is 4. The molecule has 1 heterocycles. The minimum atomic E-state index is -3.31. The third-order valence-corrected chi connectivity index (χ3v) is 3.07. The number of aliphatic hydroxyl groups excluding tert-OH is 1. The zero-order chi connectivity index (χ0) is 11.1. The van der Waals surface area contributed by atoms with Gasteiger partial charge in [-0.2, -0.15) is 5.21 Å². The highest BCUT2D eigenvalue weighted by molar-refractivity contribution is 7.89. The fourth-order valence-electron chi connectivity index (χ4n) is 0.908. The Hall–Kier alpha value is -1.06. The smallest absolute Gasteiger partial charge is 0.212 e. The van der Waals surface area contributed by atoms with Gasteiger partial charge in [-0.1, -0.05) is 5.21 Å². The second-order valence-corrected chi connectivity index (χ2v) is 4.83. The molecule has 1 aromatic rings. The third kappa shape index (κ3) is 4.81. The standard InChI is InChI=1S/C6H13N5O3S/c12-3-1-2-4-15(13,14)7-5-6-8-10-11-9-6/h7,12H,1-5H2,(H,8,9,10,11). The molecule has 0 fully saturated rings. The second-order valence-electron chi connectivity index (χ2n) is 2.90. The van der Waals surface area contributed by atoms with Crippen LogP contribution in [0.3, 0.4) is 0 Å². The summed E-state index contributed by atoms with van der Waals surface area (Å²) in [6.45, 7) is 0.0261. The van der Waals surface area contributed by atoms with Gasteiger partial charge < -0.3 is 5.11 Å². The molecule has 8 nitrogen and oxygen atoms in total. The van der Waals surface area contributed by atoms with Crippen molar-refractivity contribution in [1.82, 2.24) is 25.3 Å². The molecule has 0 aliphatic carbocycles. The molecule has 86 valence electrons. The van der Waals surface area contributed by atoms with E-state index in [0.717, 1.165) is 0 Å². The predicted molar refractivity (Wildman–Crippen MR) is 51.1 cm³/mol. The van der Waals surface area contributed by atoms with Crippen molar-refractivity contribution in [2.45, 2.75) is 19.4 Å². The molecule has 0 atom stereocenters. The van der Waals surface area contributed by atoms with E-state index in [1.165, 1.54) is 0 Å². The van der Waals surface area contributed by atoms with Crippen molar-refractivity contribution in [3.05, 3.63) is 5.82 Å². The van der Waals surface area contributed by atoms with Crippen LogP contribution in [-0.2, 0) is 16.6 Å². The van der Waals surface area contributed by atoms with E-state index in [2.05, 4.69) is 25.3 Å². The Kier molecular flexibility index (Phi) is 4.59. The average Bonchev–Trinajstić information content (AvgIpc) is 2.68. The van der Waals surface area contributed by atoms with Gasteiger partial charge in [0.15, 0.2) is 5.82 Å². The minimum absolute atomic E-state index is 0.000359. The molecule has 1 rings (SSSR count). The molecule has 0 unspecified atom stereocenters. The Bertz CT molecular complexity index is 362. The van der Waals surface area contributed by atoms with Gasteiger partial charge in [0, 0.05) is 6.61 Å². The number of nitrogens with zero attached hydrogens (tertiary/aromatic N) is 3. The molecule has 3 N–H and O–H groups in total. The number of nitrogens with one attached hydrogen (secondary N) is 2. The molecular weight excluding hydrogens is 222 g/mol. The lowest BCUT2D eigenvalue weighted by atomic mass is 10.4. The molecule has 0 aliphatic rings. The summed E-state index contributed by atoms with van der Waals surface area (Å²) in [6, 6.07) is 0. The normalized spacial score (nSPS) is 11.8. The lowest BCUT2D eigenvalue weighted by Crippen LogP contribution is -2.26. The largest absolute Gasteiger partial charge is 0.396 e. The fraction of sp³-hybridized carbons (Fsp3) is 0.833. The number of hydrogen-bond acceptors (Lipinski definition) is 6. The van der Waals surface area contributed by atoms with E-state index in [9.17, 15) is 8.42 Å². The van der Waals surface area contributed by atoms with Crippen molar-refractivity contribution >= 4 is 10.0 Å². The topological polar surface area (TPSA) is 121 Å². The van der Waals surface area contributed by atoms with Crippen molar-refractivity contribution in [2.24, 2.45) is 0 Å². The van der Waals surface area contributed by atoms with E-state index in [1.54, 1.807) is 0 Å². The highest BCUT2D eigenvalue weighted by Crippen LogP contribution is 1.95. The first-order valence-corrected chi connectivity index (χ1v) is 6.10. The van der Waals surface area contributed by atoms with Gasteiger partial charge >= 0.3 is 0 Å². The van der Waals surface area contributed by atoms with Crippen LogP contribution in [0, 0.1) is 0 Å². The first-order chi connectivity index (χ1) is 7.14. The molecule has 0 saturated carbocycles. The van der Waals surface area contributed by atoms with Crippen molar-refractivity contribution in [1.29, 1.82) is 0 Å². The number of unbranched alkanes of at least 4 members (excludes halogenated alkanes) is 1. The molecule has 0 aromatic carbocycles. The molecular formula is C6H13N5O3S. The molecule has 1 aromatic heterocycles. The average molecular weight is 235 g/mol. The molecule has 0 amide bonds. The van der Waals surface area contributed by atoms with Gasteiger partial charge in [0.2, 0.25) is 10.0 Å². The fourth-order valence-corrected chi connectivity index (χ4v) is 1.99. The lowest BCUT2D eigenvalue weighted by molar-refractivity contribution is 0.287. The van der Waals surface area contributed by atoms with Crippen LogP contribution in [0.2, 0.25) is 0 Å². The van der Waals surface area contributed by atoms with E-state index in [1.807, 2.05) is 0 Å². The summed E-state index contributed by atoms with van der Waals surface area (Å²) in [5.74, 6) is 0.284. The summed E-state index contributed by atoms with van der Waals surface area (Å²) in [4.78, 5) is 0. The van der Waals surface area contributed by atoms with Crippen LogP contribution in [0.4, 0.5) is 0 Å². The van der Waals surface area contributed by atoms with Crippen LogP contribution >= 0.6 is 0 Å². The van der Waals surface area contributed by atoms with Crippen molar-refractivity contribution in [3.8, 4) is 0 Å². The van der Waals surface area contributed by atoms with E-state index in [-0.39, 0.29) is 18.9 Å². The molecule has 0 radical (unpaired) electrons. The van der Waals surface area contributed by atoms with Gasteiger partial charge in [-0.15, -0.1) is 10.2 Å². The maximum Gasteiger partial charge on any atom is 0.212 e. The van der Waals surface area contributed by atoms with E-state index in [0.29, 0.717) is 18.7 Å². The van der Waals surface area contributed by atoms with Gasteiger partial charge in [0.25, 0.3) is 0 Å². The van der Waals surface area contributed by atoms with Gasteiger partial charge in [-0.25, -0.2) is 13.1 Å². The molecule has 0 aliphatic heterocycles. The zero-order valence-electron chi connectivity index (χ0n) is 8.05. The summed E-state index contributed by atoms with van der Waals surface area (Å²) < 4.78 is 25.0. The quantitative estimate of drug-likeness (QED) is 0.489. The SMILES string of the molecule is O=S(=O)(CCCCO)NCc1nn[nH]n1. The highest BCUT2D eigenvalue weighted by atomic mass is 32.2. The number of rotatable bonds is 7. The zero-order valence-corrected chi connectivity index (χ0v) is 8.87. The summed E-state index contributed by atoms with van der Waals surface area (Å²) >= 11 is 0. The lowest BCUT2D eigenvalue weighted by Gasteiger charge is -2.03. The number of tetrazole rings is 1. The van der Waals surface area contributed by atoms with Gasteiger partial charge in [0.1, 0.15) is 0 Å². The first kappa shape index (κ1) is 12.0. The first-order valence-electron chi connectivity index (χ1n) is 4.44. The summed E-state index contributed by atoms with van der Waals surface area (Å²) in [5.41, 5.74) is 0. The number of aliphatic hydroxyl groups is 1. The maximum absolute atomic E-state index is 11.3. The molecule has 0 spiro atoms. The Morgan fingerprint density at radius 1 is 1.40 bits per heavy atom. The Morgan fingerprint density at radius 2 is 2.20 bits per heavy atom. The predicted octanol–water partition coefficient (Wildman–Crippen LogP) is -1.61. The van der Waals surface area contributed by atoms with Gasteiger partial charge in [-0.05, 0) is 12.8 Å². The van der Waals surface area contributed by atoms with Gasteiger partial charge in [0.05, 0.1) is 12.3 Å². The van der Waals surface area contributed by atoms with Crippen molar-refractivity contribution < 1.29 is 13.5 Å². The number of sulfonamides is 1. The monoisotopic (exact) mass is 235 g/mol. The van der Waals surface area contributed by atoms with E-state index >= 15 is 0 Å².